The molecule has 0 N–H and O–H groups in total. The molecule has 1 aromatic heterocycles. The van der Waals surface area contributed by atoms with E-state index in [1.807, 2.05) is 30.9 Å². The highest BCUT2D eigenvalue weighted by atomic mass is 16.5. The van der Waals surface area contributed by atoms with Gasteiger partial charge in [-0.15, -0.1) is 0 Å². The van der Waals surface area contributed by atoms with Crippen LogP contribution in [-0.4, -0.2) is 40.0 Å². The molecule has 1 fully saturated rings. The van der Waals surface area contributed by atoms with Crippen molar-refractivity contribution in [2.75, 3.05) is 13.1 Å². The number of carbonyl (C=O) groups excluding carboxylic acids is 1. The van der Waals surface area contributed by atoms with Crippen LogP contribution in [0.1, 0.15) is 41.8 Å². The van der Waals surface area contributed by atoms with E-state index in [0.717, 1.165) is 37.2 Å². The smallest absolute Gasteiger partial charge is 0.317 e. The fourth-order valence-corrected chi connectivity index (χ4v) is 3.43. The molecular formula is C21H27N3O2. The van der Waals surface area contributed by atoms with Gasteiger partial charge in [-0.25, -0.2) is 9.97 Å². The van der Waals surface area contributed by atoms with Gasteiger partial charge in [0.1, 0.15) is 6.10 Å². The summed E-state index contributed by atoms with van der Waals surface area (Å²) in [5.41, 5.74) is 4.24. The van der Waals surface area contributed by atoms with E-state index < -0.39 is 0 Å². The van der Waals surface area contributed by atoms with Gasteiger partial charge < -0.3 is 9.64 Å². The van der Waals surface area contributed by atoms with E-state index in [4.69, 9.17) is 4.74 Å². The number of carbonyl (C=O) groups is 1. The first-order valence-corrected chi connectivity index (χ1v) is 9.32. The lowest BCUT2D eigenvalue weighted by Gasteiger charge is -2.32. The number of aryl methyl sites for hydroxylation is 4. The maximum Gasteiger partial charge on any atom is 0.317 e. The Labute approximate surface area is 155 Å². The summed E-state index contributed by atoms with van der Waals surface area (Å²) in [5.74, 6) is 0.196. The molecule has 1 aromatic carbocycles. The second kappa shape index (κ2) is 8.30. The third-order valence-electron chi connectivity index (χ3n) is 4.67. The fourth-order valence-electron chi connectivity index (χ4n) is 3.43. The van der Waals surface area contributed by atoms with Crippen LogP contribution < -0.4 is 4.74 Å². The molecule has 138 valence electrons. The minimum atomic E-state index is -0.0344. The van der Waals surface area contributed by atoms with E-state index in [1.165, 1.54) is 11.1 Å². The van der Waals surface area contributed by atoms with Crippen molar-refractivity contribution in [1.82, 2.24) is 14.9 Å². The lowest BCUT2D eigenvalue weighted by Crippen LogP contribution is -2.44. The van der Waals surface area contributed by atoms with Crippen molar-refractivity contribution in [3.63, 3.8) is 0 Å². The van der Waals surface area contributed by atoms with Crippen LogP contribution in [0.5, 0.6) is 6.01 Å². The van der Waals surface area contributed by atoms with Crippen molar-refractivity contribution >= 4 is 5.91 Å². The van der Waals surface area contributed by atoms with Crippen molar-refractivity contribution < 1.29 is 9.53 Å². The SMILES string of the molecule is Cc1cccc(CCC(=O)N2CCCC(Oc3nc(C)cc(C)n3)C2)c1. The maximum atomic E-state index is 12.6. The van der Waals surface area contributed by atoms with Crippen molar-refractivity contribution in [1.29, 1.82) is 0 Å². The van der Waals surface area contributed by atoms with E-state index in [-0.39, 0.29) is 12.0 Å². The lowest BCUT2D eigenvalue weighted by molar-refractivity contribution is -0.133. The Bertz CT molecular complexity index is 755. The van der Waals surface area contributed by atoms with Crippen LogP contribution >= 0.6 is 0 Å². The highest BCUT2D eigenvalue weighted by Crippen LogP contribution is 2.18. The Hall–Kier alpha value is -2.43. The van der Waals surface area contributed by atoms with E-state index in [1.54, 1.807) is 0 Å². The third kappa shape index (κ3) is 5.04. The van der Waals surface area contributed by atoms with Gasteiger partial charge in [0.25, 0.3) is 0 Å². The molecule has 5 nitrogen and oxygen atoms in total. The first-order valence-electron chi connectivity index (χ1n) is 9.32. The van der Waals surface area contributed by atoms with Gasteiger partial charge in [0, 0.05) is 24.4 Å². The Kier molecular flexibility index (Phi) is 5.86. The van der Waals surface area contributed by atoms with Crippen LogP contribution in [0.3, 0.4) is 0 Å². The Morgan fingerprint density at radius 3 is 2.69 bits per heavy atom. The third-order valence-corrected chi connectivity index (χ3v) is 4.67. The average molecular weight is 353 g/mol. The summed E-state index contributed by atoms with van der Waals surface area (Å²) in [6, 6.07) is 10.7. The standard InChI is InChI=1S/C21H27N3O2/c1-15-6-4-7-18(12-15)9-10-20(25)24-11-5-8-19(14-24)26-21-22-16(2)13-17(3)23-21/h4,6-7,12-13,19H,5,8-11,14H2,1-3H3. The molecule has 0 bridgehead atoms. The van der Waals surface area contributed by atoms with Crippen molar-refractivity contribution in [2.45, 2.75) is 52.6 Å². The second-order valence-electron chi connectivity index (χ2n) is 7.14. The summed E-state index contributed by atoms with van der Waals surface area (Å²) in [5, 5.41) is 0. The van der Waals surface area contributed by atoms with Crippen LogP contribution in [0.4, 0.5) is 0 Å². The molecule has 1 aliphatic rings. The van der Waals surface area contributed by atoms with Gasteiger partial charge in [-0.2, -0.15) is 0 Å². The molecule has 26 heavy (non-hydrogen) atoms. The normalized spacial score (nSPS) is 17.2. The molecule has 1 atom stereocenters. The van der Waals surface area contributed by atoms with E-state index in [0.29, 0.717) is 19.0 Å². The lowest BCUT2D eigenvalue weighted by atomic mass is 10.0. The van der Waals surface area contributed by atoms with E-state index in [9.17, 15) is 4.79 Å². The summed E-state index contributed by atoms with van der Waals surface area (Å²) in [7, 11) is 0. The number of rotatable bonds is 5. The van der Waals surface area contributed by atoms with Crippen LogP contribution in [0.2, 0.25) is 0 Å². The summed E-state index contributed by atoms with van der Waals surface area (Å²) in [4.78, 5) is 23.2. The molecule has 1 amide bonds. The molecular weight excluding hydrogens is 326 g/mol. The van der Waals surface area contributed by atoms with Gasteiger partial charge in [0.15, 0.2) is 0 Å². The molecule has 0 saturated carbocycles. The Balaban J connectivity index is 1.54. The topological polar surface area (TPSA) is 55.3 Å². The fraction of sp³-hybridized carbons (Fsp3) is 0.476. The number of aromatic nitrogens is 2. The van der Waals surface area contributed by atoms with E-state index in [2.05, 4.69) is 35.1 Å². The first kappa shape index (κ1) is 18.4. The number of piperidine rings is 1. The monoisotopic (exact) mass is 353 g/mol. The highest BCUT2D eigenvalue weighted by Gasteiger charge is 2.25. The number of ether oxygens (including phenoxy) is 1. The zero-order valence-corrected chi connectivity index (χ0v) is 15.9. The molecule has 1 saturated heterocycles. The second-order valence-corrected chi connectivity index (χ2v) is 7.14. The molecule has 0 spiro atoms. The molecule has 2 aromatic rings. The summed E-state index contributed by atoms with van der Waals surface area (Å²) in [6.07, 6.45) is 3.16. The number of hydrogen-bond donors (Lipinski definition) is 0. The predicted molar refractivity (Wildman–Crippen MR) is 101 cm³/mol. The van der Waals surface area contributed by atoms with Crippen molar-refractivity contribution in [2.24, 2.45) is 0 Å². The largest absolute Gasteiger partial charge is 0.458 e. The minimum Gasteiger partial charge on any atom is -0.458 e. The van der Waals surface area contributed by atoms with Crippen molar-refractivity contribution in [3.8, 4) is 6.01 Å². The molecule has 0 radical (unpaired) electrons. The number of nitrogens with zero attached hydrogens (tertiary/aromatic N) is 3. The van der Waals surface area contributed by atoms with Gasteiger partial charge in [0.05, 0.1) is 6.54 Å². The van der Waals surface area contributed by atoms with Gasteiger partial charge >= 0.3 is 6.01 Å². The van der Waals surface area contributed by atoms with Gasteiger partial charge in [0.2, 0.25) is 5.91 Å². The first-order chi connectivity index (χ1) is 12.5. The zero-order chi connectivity index (χ0) is 18.5. The average Bonchev–Trinajstić information content (AvgIpc) is 2.59. The van der Waals surface area contributed by atoms with Gasteiger partial charge in [-0.1, -0.05) is 29.8 Å². The minimum absolute atomic E-state index is 0.0344. The summed E-state index contributed by atoms with van der Waals surface area (Å²) < 4.78 is 5.96. The van der Waals surface area contributed by atoms with Crippen LogP contribution in [-0.2, 0) is 11.2 Å². The maximum absolute atomic E-state index is 12.6. The Morgan fingerprint density at radius 2 is 1.96 bits per heavy atom. The number of amides is 1. The zero-order valence-electron chi connectivity index (χ0n) is 15.9. The highest BCUT2D eigenvalue weighted by molar-refractivity contribution is 5.76. The van der Waals surface area contributed by atoms with Crippen molar-refractivity contribution in [3.05, 3.63) is 52.8 Å². The molecule has 2 heterocycles. The van der Waals surface area contributed by atoms with E-state index >= 15 is 0 Å². The molecule has 1 aliphatic heterocycles. The summed E-state index contributed by atoms with van der Waals surface area (Å²) in [6.45, 7) is 7.36. The number of hydrogen-bond acceptors (Lipinski definition) is 4. The van der Waals surface area contributed by atoms with Gasteiger partial charge in [-0.3, -0.25) is 4.79 Å². The summed E-state index contributed by atoms with van der Waals surface area (Å²) >= 11 is 0. The molecule has 0 aliphatic carbocycles. The quantitative estimate of drug-likeness (QED) is 0.827. The molecule has 1 unspecified atom stereocenters. The van der Waals surface area contributed by atoms with Crippen LogP contribution in [0.25, 0.3) is 0 Å². The number of benzene rings is 1. The molecule has 5 heteroatoms. The van der Waals surface area contributed by atoms with Crippen LogP contribution in [0, 0.1) is 20.8 Å². The number of likely N-dealkylation sites (tertiary alicyclic amines) is 1. The molecule has 3 rings (SSSR count). The predicted octanol–water partition coefficient (Wildman–Crippen LogP) is 3.40. The Morgan fingerprint density at radius 1 is 1.19 bits per heavy atom. The van der Waals surface area contributed by atoms with Crippen LogP contribution in [0.15, 0.2) is 30.3 Å². The van der Waals surface area contributed by atoms with Gasteiger partial charge in [-0.05, 0) is 51.7 Å².